The van der Waals surface area contributed by atoms with Crippen LogP contribution in [0.4, 0.5) is 15.0 Å². The Labute approximate surface area is 177 Å². The van der Waals surface area contributed by atoms with Crippen LogP contribution in [0.25, 0.3) is 11.0 Å². The fourth-order valence-electron chi connectivity index (χ4n) is 4.55. The second kappa shape index (κ2) is 7.36. The van der Waals surface area contributed by atoms with E-state index in [0.717, 1.165) is 25.3 Å². The number of anilines is 1. The molecule has 11 heteroatoms. The van der Waals surface area contributed by atoms with E-state index in [2.05, 4.69) is 9.72 Å². The molecule has 0 spiro atoms. The third-order valence-electron chi connectivity index (χ3n) is 6.19. The summed E-state index contributed by atoms with van der Waals surface area (Å²) in [6, 6.07) is 1.20. The summed E-state index contributed by atoms with van der Waals surface area (Å²) < 4.78 is 27.2. The number of aromatic nitrogens is 2. The van der Waals surface area contributed by atoms with Crippen molar-refractivity contribution in [3.8, 4) is 5.75 Å². The lowest BCUT2D eigenvalue weighted by atomic mass is 9.91. The van der Waals surface area contributed by atoms with Crippen molar-refractivity contribution in [2.75, 3.05) is 31.1 Å². The summed E-state index contributed by atoms with van der Waals surface area (Å²) >= 11 is 0. The number of carbonyl (C=O) groups is 1. The van der Waals surface area contributed by atoms with Gasteiger partial charge in [-0.15, -0.1) is 12.4 Å². The third-order valence-corrected chi connectivity index (χ3v) is 6.19. The van der Waals surface area contributed by atoms with Gasteiger partial charge in [0, 0.05) is 31.7 Å². The highest BCUT2D eigenvalue weighted by Crippen LogP contribution is 2.41. The summed E-state index contributed by atoms with van der Waals surface area (Å²) in [5, 5.41) is 8.89. The highest BCUT2D eigenvalue weighted by Gasteiger charge is 2.51. The number of nitrogens with zero attached hydrogens (tertiary/aromatic N) is 3. The average molecular weight is 441 g/mol. The van der Waals surface area contributed by atoms with Crippen LogP contribution in [0.5, 0.6) is 5.75 Å². The van der Waals surface area contributed by atoms with Crippen LogP contribution in [0.15, 0.2) is 17.1 Å². The number of halogens is 2. The fourth-order valence-corrected chi connectivity index (χ4v) is 4.55. The van der Waals surface area contributed by atoms with Gasteiger partial charge < -0.3 is 29.8 Å². The lowest BCUT2D eigenvalue weighted by Crippen LogP contribution is -2.44. The molecule has 3 N–H and O–H groups in total. The Hall–Kier alpha value is -2.43. The Morgan fingerprint density at radius 3 is 2.83 bits per heavy atom. The normalized spacial score (nSPS) is 25.3. The van der Waals surface area contributed by atoms with Crippen molar-refractivity contribution < 1.29 is 23.8 Å². The Morgan fingerprint density at radius 1 is 1.43 bits per heavy atom. The van der Waals surface area contributed by atoms with Crippen LogP contribution in [-0.2, 0) is 4.74 Å². The van der Waals surface area contributed by atoms with Crippen LogP contribution < -0.4 is 20.8 Å². The molecular formula is C19H22ClFN4O5. The number of pyridine rings is 2. The Kier molecular flexibility index (Phi) is 5.11. The molecular weight excluding hydrogens is 419 g/mol. The summed E-state index contributed by atoms with van der Waals surface area (Å²) in [5.41, 5.74) is 5.09. The Balaban J connectivity index is 0.00000218. The van der Waals surface area contributed by atoms with Crippen molar-refractivity contribution in [3.63, 3.8) is 0 Å². The Morgan fingerprint density at radius 2 is 2.20 bits per heavy atom. The SMILES string of the molecule is Cl.NCC12CN(c3nc4c(cc3F)c(=O)c(OC(=O)O)cn4C3CC3)CC1CCO2. The first-order valence-electron chi connectivity index (χ1n) is 9.67. The zero-order chi connectivity index (χ0) is 20.3. The van der Waals surface area contributed by atoms with Gasteiger partial charge in [-0.2, -0.15) is 0 Å². The maximum absolute atomic E-state index is 15.0. The highest BCUT2D eigenvalue weighted by atomic mass is 35.5. The van der Waals surface area contributed by atoms with Crippen molar-refractivity contribution in [3.05, 3.63) is 28.3 Å². The summed E-state index contributed by atoms with van der Waals surface area (Å²) in [6.07, 6.45) is 2.37. The molecule has 162 valence electrons. The van der Waals surface area contributed by atoms with E-state index < -0.39 is 23.0 Å². The molecule has 2 aliphatic heterocycles. The lowest BCUT2D eigenvalue weighted by molar-refractivity contribution is 0.0126. The van der Waals surface area contributed by atoms with Crippen molar-refractivity contribution >= 4 is 35.4 Å². The maximum Gasteiger partial charge on any atom is 0.511 e. The number of nitrogens with two attached hydrogens (primary N) is 1. The van der Waals surface area contributed by atoms with Crippen LogP contribution in [0, 0.1) is 11.7 Å². The first-order valence-corrected chi connectivity index (χ1v) is 9.67. The molecule has 2 aromatic heterocycles. The third kappa shape index (κ3) is 3.19. The molecule has 2 unspecified atom stereocenters. The minimum absolute atomic E-state index is 0. The predicted molar refractivity (Wildman–Crippen MR) is 108 cm³/mol. The second-order valence-corrected chi connectivity index (χ2v) is 7.98. The van der Waals surface area contributed by atoms with E-state index in [4.69, 9.17) is 15.6 Å². The van der Waals surface area contributed by atoms with Gasteiger partial charge in [-0.25, -0.2) is 14.2 Å². The van der Waals surface area contributed by atoms with E-state index in [-0.39, 0.29) is 41.3 Å². The number of hydrogen-bond donors (Lipinski definition) is 2. The topological polar surface area (TPSA) is 120 Å². The predicted octanol–water partition coefficient (Wildman–Crippen LogP) is 1.90. The number of carboxylic acid groups (broad SMARTS) is 1. The van der Waals surface area contributed by atoms with Crippen molar-refractivity contribution in [2.24, 2.45) is 11.7 Å². The van der Waals surface area contributed by atoms with Gasteiger partial charge in [0.15, 0.2) is 17.4 Å². The lowest BCUT2D eigenvalue weighted by Gasteiger charge is -2.26. The van der Waals surface area contributed by atoms with Gasteiger partial charge in [-0.05, 0) is 25.3 Å². The molecule has 5 rings (SSSR count). The minimum atomic E-state index is -1.59. The van der Waals surface area contributed by atoms with E-state index in [1.54, 1.807) is 4.57 Å². The summed E-state index contributed by atoms with van der Waals surface area (Å²) in [7, 11) is 0. The average Bonchev–Trinajstić information content (AvgIpc) is 3.35. The first-order chi connectivity index (χ1) is 13.9. The molecule has 2 aromatic rings. The van der Waals surface area contributed by atoms with Crippen molar-refractivity contribution in [2.45, 2.75) is 30.9 Å². The van der Waals surface area contributed by atoms with Gasteiger partial charge in [0.05, 0.1) is 18.1 Å². The number of ether oxygens (including phenoxy) is 2. The van der Waals surface area contributed by atoms with Crippen LogP contribution in [-0.4, -0.2) is 52.7 Å². The largest absolute Gasteiger partial charge is 0.511 e. The molecule has 0 aromatic carbocycles. The van der Waals surface area contributed by atoms with E-state index >= 15 is 4.39 Å². The van der Waals surface area contributed by atoms with Gasteiger partial charge in [-0.3, -0.25) is 4.79 Å². The zero-order valence-electron chi connectivity index (χ0n) is 16.0. The first kappa shape index (κ1) is 20.8. The molecule has 2 atom stereocenters. The molecule has 30 heavy (non-hydrogen) atoms. The van der Waals surface area contributed by atoms with E-state index in [0.29, 0.717) is 31.9 Å². The minimum Gasteiger partial charge on any atom is -0.449 e. The molecule has 4 heterocycles. The quantitative estimate of drug-likeness (QED) is 0.692. The summed E-state index contributed by atoms with van der Waals surface area (Å²) in [5.74, 6) is -0.626. The van der Waals surface area contributed by atoms with Gasteiger partial charge in [-0.1, -0.05) is 0 Å². The molecule has 1 aliphatic carbocycles. The van der Waals surface area contributed by atoms with E-state index in [1.807, 2.05) is 4.90 Å². The molecule has 0 radical (unpaired) electrons. The molecule has 9 nitrogen and oxygen atoms in total. The number of hydrogen-bond acceptors (Lipinski definition) is 7. The van der Waals surface area contributed by atoms with Crippen molar-refractivity contribution in [1.82, 2.24) is 9.55 Å². The smallest absolute Gasteiger partial charge is 0.449 e. The van der Waals surface area contributed by atoms with Gasteiger partial charge in [0.1, 0.15) is 11.2 Å². The van der Waals surface area contributed by atoms with Crippen LogP contribution in [0.1, 0.15) is 25.3 Å². The van der Waals surface area contributed by atoms with E-state index in [1.165, 1.54) is 6.20 Å². The number of rotatable bonds is 4. The molecule has 1 saturated carbocycles. The fraction of sp³-hybridized carbons (Fsp3) is 0.526. The van der Waals surface area contributed by atoms with Gasteiger partial charge in [0.2, 0.25) is 5.43 Å². The van der Waals surface area contributed by atoms with Crippen LogP contribution >= 0.6 is 12.4 Å². The monoisotopic (exact) mass is 440 g/mol. The van der Waals surface area contributed by atoms with Gasteiger partial charge in [0.25, 0.3) is 0 Å². The molecule has 0 bridgehead atoms. The summed E-state index contributed by atoms with van der Waals surface area (Å²) in [6.45, 7) is 2.03. The molecule has 2 saturated heterocycles. The van der Waals surface area contributed by atoms with Crippen molar-refractivity contribution in [1.29, 1.82) is 0 Å². The van der Waals surface area contributed by atoms with Gasteiger partial charge >= 0.3 is 6.16 Å². The second-order valence-electron chi connectivity index (χ2n) is 7.98. The maximum atomic E-state index is 15.0. The van der Waals surface area contributed by atoms with Crippen LogP contribution in [0.3, 0.4) is 0 Å². The highest BCUT2D eigenvalue weighted by molar-refractivity contribution is 5.85. The van der Waals surface area contributed by atoms with E-state index in [9.17, 15) is 9.59 Å². The molecule has 3 fully saturated rings. The molecule has 0 amide bonds. The Bertz CT molecular complexity index is 1080. The van der Waals surface area contributed by atoms with Crippen LogP contribution in [0.2, 0.25) is 0 Å². The standard InChI is InChI=1S/C19H21FN4O5.ClH/c20-13-5-12-15(25)14(29-18(26)27)7-24(11-1-2-11)16(12)22-17(13)23-6-10-3-4-28-19(10,8-21)9-23;/h5,7,10-11H,1-4,6,8-9,21H2,(H,26,27);1H. The summed E-state index contributed by atoms with van der Waals surface area (Å²) in [4.78, 5) is 29.9. The number of fused-ring (bicyclic) bond motifs is 2. The molecule has 3 aliphatic rings. The zero-order valence-corrected chi connectivity index (χ0v) is 16.9.